The van der Waals surface area contributed by atoms with Gasteiger partial charge in [0.25, 0.3) is 0 Å². The zero-order valence-corrected chi connectivity index (χ0v) is 8.93. The largest absolute Gasteiger partial charge is 0.476 e. The average Bonchev–Trinajstić information content (AvgIpc) is 2.71. The molecule has 0 unspecified atom stereocenters. The second kappa shape index (κ2) is 3.82. The molecule has 15 heavy (non-hydrogen) atoms. The number of aromatic nitrogens is 2. The van der Waals surface area contributed by atoms with E-state index in [1.54, 1.807) is 12.1 Å². The molecule has 5 nitrogen and oxygen atoms in total. The normalized spacial score (nSPS) is 10.2. The molecule has 0 fully saturated rings. The van der Waals surface area contributed by atoms with E-state index in [2.05, 4.69) is 25.9 Å². The maximum Gasteiger partial charge on any atom is 0.355 e. The fourth-order valence-electron chi connectivity index (χ4n) is 1.04. The molecule has 0 saturated heterocycles. The lowest BCUT2D eigenvalue weighted by Gasteiger charge is -1.99. The van der Waals surface area contributed by atoms with Crippen molar-refractivity contribution < 1.29 is 14.3 Å². The van der Waals surface area contributed by atoms with E-state index in [1.807, 2.05) is 0 Å². The van der Waals surface area contributed by atoms with Gasteiger partial charge in [-0.1, -0.05) is 0 Å². The standard InChI is InChI=1S/C9H5BrN2O3/c10-5-4-11-8(6-2-1-3-15-6)12-7(5)9(13)14/h1-4H,(H,13,14). The van der Waals surface area contributed by atoms with Gasteiger partial charge >= 0.3 is 5.97 Å². The summed E-state index contributed by atoms with van der Waals surface area (Å²) in [5, 5.41) is 8.84. The van der Waals surface area contributed by atoms with E-state index < -0.39 is 5.97 Å². The Kier molecular flexibility index (Phi) is 2.51. The van der Waals surface area contributed by atoms with Gasteiger partial charge in [0.2, 0.25) is 0 Å². The van der Waals surface area contributed by atoms with E-state index >= 15 is 0 Å². The Labute approximate surface area is 92.9 Å². The van der Waals surface area contributed by atoms with Crippen LogP contribution in [0.5, 0.6) is 0 Å². The molecule has 76 valence electrons. The molecule has 0 aromatic carbocycles. The number of hydrogen-bond donors (Lipinski definition) is 1. The van der Waals surface area contributed by atoms with Crippen LogP contribution in [-0.4, -0.2) is 21.0 Å². The topological polar surface area (TPSA) is 76.2 Å². The summed E-state index contributed by atoms with van der Waals surface area (Å²) in [6, 6.07) is 3.34. The molecule has 1 N–H and O–H groups in total. The van der Waals surface area contributed by atoms with Crippen molar-refractivity contribution in [2.75, 3.05) is 0 Å². The molecular weight excluding hydrogens is 264 g/mol. The summed E-state index contributed by atoms with van der Waals surface area (Å²) in [6.45, 7) is 0. The van der Waals surface area contributed by atoms with Gasteiger partial charge < -0.3 is 9.52 Å². The third-order valence-corrected chi connectivity index (χ3v) is 2.27. The number of furan rings is 1. The Balaban J connectivity index is 2.52. The molecule has 2 aromatic heterocycles. The highest BCUT2D eigenvalue weighted by Crippen LogP contribution is 2.19. The molecule has 2 heterocycles. The lowest BCUT2D eigenvalue weighted by molar-refractivity contribution is 0.0689. The van der Waals surface area contributed by atoms with Crippen LogP contribution in [0.15, 0.2) is 33.5 Å². The van der Waals surface area contributed by atoms with Gasteiger partial charge in [0.1, 0.15) is 0 Å². The van der Waals surface area contributed by atoms with Gasteiger partial charge in [0.15, 0.2) is 17.3 Å². The van der Waals surface area contributed by atoms with E-state index in [0.717, 1.165) is 0 Å². The summed E-state index contributed by atoms with van der Waals surface area (Å²) >= 11 is 3.06. The average molecular weight is 269 g/mol. The van der Waals surface area contributed by atoms with Gasteiger partial charge in [-0.25, -0.2) is 14.8 Å². The maximum atomic E-state index is 10.8. The minimum Gasteiger partial charge on any atom is -0.476 e. The molecule has 0 bridgehead atoms. The zero-order valence-electron chi connectivity index (χ0n) is 7.35. The number of aromatic carboxylic acids is 1. The Hall–Kier alpha value is -1.69. The minimum atomic E-state index is -1.11. The SMILES string of the molecule is O=C(O)c1nc(-c2ccco2)ncc1Br. The van der Waals surface area contributed by atoms with Crippen LogP contribution in [0, 0.1) is 0 Å². The molecule has 0 aliphatic carbocycles. The van der Waals surface area contributed by atoms with Gasteiger partial charge in [-0.3, -0.25) is 0 Å². The quantitative estimate of drug-likeness (QED) is 0.904. The van der Waals surface area contributed by atoms with Crippen LogP contribution in [0.25, 0.3) is 11.6 Å². The Bertz CT molecular complexity index is 496. The molecule has 0 atom stereocenters. The van der Waals surface area contributed by atoms with Gasteiger partial charge in [0, 0.05) is 6.20 Å². The van der Waals surface area contributed by atoms with E-state index in [0.29, 0.717) is 10.2 Å². The van der Waals surface area contributed by atoms with Crippen LogP contribution in [-0.2, 0) is 0 Å². The van der Waals surface area contributed by atoms with Crippen LogP contribution in [0.3, 0.4) is 0 Å². The third-order valence-electron chi connectivity index (χ3n) is 1.69. The number of hydrogen-bond acceptors (Lipinski definition) is 4. The van der Waals surface area contributed by atoms with Gasteiger partial charge in [-0.05, 0) is 28.1 Å². The second-order valence-electron chi connectivity index (χ2n) is 2.67. The number of nitrogens with zero attached hydrogens (tertiary/aromatic N) is 2. The number of rotatable bonds is 2. The van der Waals surface area contributed by atoms with Crippen LogP contribution in [0.4, 0.5) is 0 Å². The van der Waals surface area contributed by atoms with E-state index in [1.165, 1.54) is 12.5 Å². The molecule has 2 aromatic rings. The molecule has 2 rings (SSSR count). The van der Waals surface area contributed by atoms with Crippen LogP contribution in [0.2, 0.25) is 0 Å². The predicted molar refractivity (Wildman–Crippen MR) is 54.4 cm³/mol. The van der Waals surface area contributed by atoms with Crippen molar-refractivity contribution in [3.8, 4) is 11.6 Å². The summed E-state index contributed by atoms with van der Waals surface area (Å²) in [4.78, 5) is 18.6. The number of halogens is 1. The highest BCUT2D eigenvalue weighted by atomic mass is 79.9. The van der Waals surface area contributed by atoms with Gasteiger partial charge in [0.05, 0.1) is 10.7 Å². The fourth-order valence-corrected chi connectivity index (χ4v) is 1.40. The Morgan fingerprint density at radius 2 is 2.33 bits per heavy atom. The fraction of sp³-hybridized carbons (Fsp3) is 0. The van der Waals surface area contributed by atoms with Crippen molar-refractivity contribution in [2.45, 2.75) is 0 Å². The molecule has 0 saturated carbocycles. The maximum absolute atomic E-state index is 10.8. The summed E-state index contributed by atoms with van der Waals surface area (Å²) in [7, 11) is 0. The highest BCUT2D eigenvalue weighted by molar-refractivity contribution is 9.10. The van der Waals surface area contributed by atoms with Crippen molar-refractivity contribution in [1.82, 2.24) is 9.97 Å². The lowest BCUT2D eigenvalue weighted by Crippen LogP contribution is -2.03. The lowest BCUT2D eigenvalue weighted by atomic mass is 10.3. The third kappa shape index (κ3) is 1.89. The van der Waals surface area contributed by atoms with Crippen molar-refractivity contribution in [2.24, 2.45) is 0 Å². The first-order valence-electron chi connectivity index (χ1n) is 3.98. The number of carboxylic acid groups (broad SMARTS) is 1. The Morgan fingerprint density at radius 1 is 1.53 bits per heavy atom. The van der Waals surface area contributed by atoms with E-state index in [4.69, 9.17) is 9.52 Å². The highest BCUT2D eigenvalue weighted by Gasteiger charge is 2.13. The summed E-state index contributed by atoms with van der Waals surface area (Å²) < 4.78 is 5.40. The summed E-state index contributed by atoms with van der Waals surface area (Å²) in [5.74, 6) is -0.428. The molecular formula is C9H5BrN2O3. The van der Waals surface area contributed by atoms with Crippen molar-refractivity contribution in [3.63, 3.8) is 0 Å². The van der Waals surface area contributed by atoms with Crippen LogP contribution in [0.1, 0.15) is 10.5 Å². The monoisotopic (exact) mass is 268 g/mol. The molecule has 6 heteroatoms. The minimum absolute atomic E-state index is 0.0867. The molecule has 0 radical (unpaired) electrons. The van der Waals surface area contributed by atoms with Crippen molar-refractivity contribution in [1.29, 1.82) is 0 Å². The van der Waals surface area contributed by atoms with Crippen molar-refractivity contribution in [3.05, 3.63) is 34.8 Å². The molecule has 0 aliphatic heterocycles. The predicted octanol–water partition coefficient (Wildman–Crippen LogP) is 2.20. The van der Waals surface area contributed by atoms with E-state index in [9.17, 15) is 4.79 Å². The first-order chi connectivity index (χ1) is 7.18. The smallest absolute Gasteiger partial charge is 0.355 e. The summed E-state index contributed by atoms with van der Waals surface area (Å²) in [6.07, 6.45) is 2.86. The van der Waals surface area contributed by atoms with Crippen LogP contribution >= 0.6 is 15.9 Å². The van der Waals surface area contributed by atoms with Crippen LogP contribution < -0.4 is 0 Å². The van der Waals surface area contributed by atoms with Crippen molar-refractivity contribution >= 4 is 21.9 Å². The first kappa shape index (κ1) is 9.85. The molecule has 0 spiro atoms. The van der Waals surface area contributed by atoms with E-state index in [-0.39, 0.29) is 11.5 Å². The number of carboxylic acids is 1. The second-order valence-corrected chi connectivity index (χ2v) is 3.53. The number of carbonyl (C=O) groups is 1. The zero-order chi connectivity index (χ0) is 10.8. The molecule has 0 aliphatic rings. The summed E-state index contributed by atoms with van der Waals surface area (Å²) in [5.41, 5.74) is -0.0867. The van der Waals surface area contributed by atoms with Gasteiger partial charge in [-0.15, -0.1) is 0 Å². The Morgan fingerprint density at radius 3 is 2.93 bits per heavy atom. The van der Waals surface area contributed by atoms with Gasteiger partial charge in [-0.2, -0.15) is 0 Å². The molecule has 0 amide bonds. The first-order valence-corrected chi connectivity index (χ1v) is 4.77.